The number of amides is 1. The van der Waals surface area contributed by atoms with Gasteiger partial charge in [-0.15, -0.1) is 0 Å². The van der Waals surface area contributed by atoms with Crippen molar-refractivity contribution in [2.75, 3.05) is 31.1 Å². The molecule has 0 aliphatic carbocycles. The van der Waals surface area contributed by atoms with E-state index in [2.05, 4.69) is 15.0 Å². The highest BCUT2D eigenvalue weighted by molar-refractivity contribution is 5.92. The Morgan fingerprint density at radius 1 is 1.25 bits per heavy atom. The minimum Gasteiger partial charge on any atom is -0.353 e. The molecule has 104 valence electrons. The molecule has 0 N–H and O–H groups in total. The number of carbonyl (C=O) groups is 1. The third-order valence-electron chi connectivity index (χ3n) is 3.48. The Bertz CT molecular complexity index is 588. The lowest BCUT2D eigenvalue weighted by molar-refractivity contribution is 0.0703. The first kappa shape index (κ1) is 12.7. The minimum absolute atomic E-state index is 0.0827. The average Bonchev–Trinajstić information content (AvgIpc) is 2.94. The second-order valence-electron chi connectivity index (χ2n) is 4.81. The highest BCUT2D eigenvalue weighted by Gasteiger charge is 2.26. The summed E-state index contributed by atoms with van der Waals surface area (Å²) in [7, 11) is 0. The van der Waals surface area contributed by atoms with E-state index in [0.29, 0.717) is 18.8 Å². The normalized spacial score (nSPS) is 15.4. The predicted octanol–water partition coefficient (Wildman–Crippen LogP) is 1.34. The first-order chi connectivity index (χ1) is 9.75. The fourth-order valence-electron chi connectivity index (χ4n) is 2.32. The summed E-state index contributed by atoms with van der Waals surface area (Å²) >= 11 is 0. The lowest BCUT2D eigenvalue weighted by Crippen LogP contribution is -2.49. The first-order valence-corrected chi connectivity index (χ1v) is 6.62. The van der Waals surface area contributed by atoms with E-state index in [4.69, 9.17) is 4.52 Å². The third kappa shape index (κ3) is 2.36. The van der Waals surface area contributed by atoms with Gasteiger partial charge in [0.25, 0.3) is 5.91 Å². The number of aromatic nitrogens is 2. The van der Waals surface area contributed by atoms with Gasteiger partial charge in [0.15, 0.2) is 0 Å². The van der Waals surface area contributed by atoms with Gasteiger partial charge in [-0.1, -0.05) is 11.2 Å². The molecule has 3 heterocycles. The Morgan fingerprint density at radius 2 is 2.05 bits per heavy atom. The molecule has 6 nitrogen and oxygen atoms in total. The maximum atomic E-state index is 12.3. The quantitative estimate of drug-likeness (QED) is 0.825. The lowest BCUT2D eigenvalue weighted by Gasteiger charge is -2.34. The van der Waals surface area contributed by atoms with Gasteiger partial charge in [0.05, 0.1) is 6.20 Å². The zero-order chi connectivity index (χ0) is 13.9. The van der Waals surface area contributed by atoms with Gasteiger partial charge < -0.3 is 14.3 Å². The molecular weight excluding hydrogens is 256 g/mol. The summed E-state index contributed by atoms with van der Waals surface area (Å²) in [5.41, 5.74) is 0.780. The van der Waals surface area contributed by atoms with Gasteiger partial charge in [0, 0.05) is 37.9 Å². The molecule has 0 radical (unpaired) electrons. The maximum Gasteiger partial charge on any atom is 0.292 e. The van der Waals surface area contributed by atoms with Crippen LogP contribution in [0.2, 0.25) is 0 Å². The highest BCUT2D eigenvalue weighted by atomic mass is 16.5. The fraction of sp³-hybridized carbons (Fsp3) is 0.357. The molecule has 2 aromatic heterocycles. The van der Waals surface area contributed by atoms with E-state index in [9.17, 15) is 4.79 Å². The Hall–Kier alpha value is -2.37. The van der Waals surface area contributed by atoms with Crippen LogP contribution in [0, 0.1) is 6.92 Å². The summed E-state index contributed by atoms with van der Waals surface area (Å²) < 4.78 is 5.02. The smallest absolute Gasteiger partial charge is 0.292 e. The van der Waals surface area contributed by atoms with E-state index in [1.54, 1.807) is 17.3 Å². The van der Waals surface area contributed by atoms with Gasteiger partial charge in [0.1, 0.15) is 5.82 Å². The second-order valence-corrected chi connectivity index (χ2v) is 4.81. The molecule has 1 fully saturated rings. The SMILES string of the molecule is Cc1cnoc1C(=O)N1CCN(c2ccccn2)CC1. The topological polar surface area (TPSA) is 62.5 Å². The molecular formula is C14H16N4O2. The van der Waals surface area contributed by atoms with E-state index in [-0.39, 0.29) is 5.91 Å². The number of piperazine rings is 1. The Balaban J connectivity index is 1.64. The summed E-state index contributed by atoms with van der Waals surface area (Å²) in [6, 6.07) is 5.85. The molecule has 0 saturated carbocycles. The van der Waals surface area contributed by atoms with Crippen LogP contribution in [-0.2, 0) is 0 Å². The van der Waals surface area contributed by atoms with Gasteiger partial charge in [0.2, 0.25) is 5.76 Å². The van der Waals surface area contributed by atoms with E-state index < -0.39 is 0 Å². The van der Waals surface area contributed by atoms with Crippen molar-refractivity contribution in [2.45, 2.75) is 6.92 Å². The van der Waals surface area contributed by atoms with Crippen LogP contribution in [0.4, 0.5) is 5.82 Å². The minimum atomic E-state index is -0.0827. The molecule has 0 atom stereocenters. The summed E-state index contributed by atoms with van der Waals surface area (Å²) in [4.78, 5) is 20.6. The number of pyridine rings is 1. The Labute approximate surface area is 117 Å². The van der Waals surface area contributed by atoms with Gasteiger partial charge in [-0.25, -0.2) is 4.98 Å². The zero-order valence-corrected chi connectivity index (χ0v) is 11.3. The molecule has 3 rings (SSSR count). The van der Waals surface area contributed by atoms with Gasteiger partial charge in [-0.05, 0) is 19.1 Å². The van der Waals surface area contributed by atoms with Crippen LogP contribution in [0.5, 0.6) is 0 Å². The summed E-state index contributed by atoms with van der Waals surface area (Å²) in [5, 5.41) is 3.66. The maximum absolute atomic E-state index is 12.3. The number of anilines is 1. The van der Waals surface area contributed by atoms with Crippen molar-refractivity contribution in [1.29, 1.82) is 0 Å². The van der Waals surface area contributed by atoms with Crippen molar-refractivity contribution in [3.05, 3.63) is 41.9 Å². The molecule has 0 spiro atoms. The van der Waals surface area contributed by atoms with Gasteiger partial charge >= 0.3 is 0 Å². The van der Waals surface area contributed by atoms with Gasteiger partial charge in [-0.2, -0.15) is 0 Å². The first-order valence-electron chi connectivity index (χ1n) is 6.62. The monoisotopic (exact) mass is 272 g/mol. The highest BCUT2D eigenvalue weighted by Crippen LogP contribution is 2.15. The zero-order valence-electron chi connectivity index (χ0n) is 11.3. The second kappa shape index (κ2) is 5.32. The summed E-state index contributed by atoms with van der Waals surface area (Å²) in [5.74, 6) is 1.22. The van der Waals surface area contributed by atoms with E-state index in [1.807, 2.05) is 25.1 Å². The van der Waals surface area contributed by atoms with Crippen molar-refractivity contribution >= 4 is 11.7 Å². The van der Waals surface area contributed by atoms with Crippen LogP contribution >= 0.6 is 0 Å². The largest absolute Gasteiger partial charge is 0.353 e. The third-order valence-corrected chi connectivity index (χ3v) is 3.48. The average molecular weight is 272 g/mol. The van der Waals surface area contributed by atoms with Crippen LogP contribution < -0.4 is 4.90 Å². The molecule has 1 aliphatic rings. The molecule has 1 saturated heterocycles. The van der Waals surface area contributed by atoms with E-state index in [1.165, 1.54) is 0 Å². The summed E-state index contributed by atoms with van der Waals surface area (Å²) in [6.07, 6.45) is 3.35. The molecule has 1 aliphatic heterocycles. The van der Waals surface area contributed by atoms with Crippen LogP contribution in [0.1, 0.15) is 16.1 Å². The van der Waals surface area contributed by atoms with E-state index in [0.717, 1.165) is 24.5 Å². The van der Waals surface area contributed by atoms with Crippen molar-refractivity contribution < 1.29 is 9.32 Å². The number of hydrogen-bond acceptors (Lipinski definition) is 5. The number of aryl methyl sites for hydroxylation is 1. The molecule has 20 heavy (non-hydrogen) atoms. The number of carbonyl (C=O) groups excluding carboxylic acids is 1. The molecule has 6 heteroatoms. The van der Waals surface area contributed by atoms with Crippen LogP contribution in [0.15, 0.2) is 35.1 Å². The number of nitrogens with zero attached hydrogens (tertiary/aromatic N) is 4. The standard InChI is InChI=1S/C14H16N4O2/c1-11-10-16-20-13(11)14(19)18-8-6-17(7-9-18)12-4-2-3-5-15-12/h2-5,10H,6-9H2,1H3. The number of rotatable bonds is 2. The molecule has 1 amide bonds. The molecule has 0 bridgehead atoms. The van der Waals surface area contributed by atoms with Crippen LogP contribution in [0.25, 0.3) is 0 Å². The van der Waals surface area contributed by atoms with Crippen molar-refractivity contribution in [2.24, 2.45) is 0 Å². The van der Waals surface area contributed by atoms with Crippen molar-refractivity contribution in [1.82, 2.24) is 15.0 Å². The molecule has 0 aromatic carbocycles. The van der Waals surface area contributed by atoms with Crippen molar-refractivity contribution in [3.63, 3.8) is 0 Å². The Kier molecular flexibility index (Phi) is 3.37. The number of hydrogen-bond donors (Lipinski definition) is 0. The molecule has 2 aromatic rings. The van der Waals surface area contributed by atoms with E-state index >= 15 is 0 Å². The predicted molar refractivity (Wildman–Crippen MR) is 73.6 cm³/mol. The Morgan fingerprint density at radius 3 is 2.65 bits per heavy atom. The van der Waals surface area contributed by atoms with Gasteiger partial charge in [-0.3, -0.25) is 4.79 Å². The molecule has 0 unspecified atom stereocenters. The fourth-order valence-corrected chi connectivity index (χ4v) is 2.32. The van der Waals surface area contributed by atoms with Crippen LogP contribution in [0.3, 0.4) is 0 Å². The van der Waals surface area contributed by atoms with Crippen molar-refractivity contribution in [3.8, 4) is 0 Å². The lowest BCUT2D eigenvalue weighted by atomic mass is 10.2. The summed E-state index contributed by atoms with van der Waals surface area (Å²) in [6.45, 7) is 4.70. The van der Waals surface area contributed by atoms with Crippen LogP contribution in [-0.4, -0.2) is 47.1 Å².